The van der Waals surface area contributed by atoms with Crippen molar-refractivity contribution in [2.24, 2.45) is 0 Å². The first-order valence-electron chi connectivity index (χ1n) is 9.68. The van der Waals surface area contributed by atoms with Gasteiger partial charge in [-0.3, -0.25) is 0 Å². The van der Waals surface area contributed by atoms with Gasteiger partial charge >= 0.3 is 0 Å². The summed E-state index contributed by atoms with van der Waals surface area (Å²) in [7, 11) is -4.14. The average molecular weight is 472 g/mol. The summed E-state index contributed by atoms with van der Waals surface area (Å²) in [6.45, 7) is 13.7. The molecule has 0 bridgehead atoms. The fraction of sp³-hybridized carbons (Fsp3) is 0.333. The van der Waals surface area contributed by atoms with E-state index in [0.29, 0.717) is 0 Å². The summed E-state index contributed by atoms with van der Waals surface area (Å²) >= 11 is 3.71. The summed E-state index contributed by atoms with van der Waals surface area (Å²) < 4.78 is 0.813. The summed E-state index contributed by atoms with van der Waals surface area (Å²) in [5, 5.41) is 13.8. The molecular formula is C24H31BrOSi2. The molecule has 0 atom stereocenters. The number of aliphatic hydroxyl groups excluding tert-OH is 1. The molecule has 2 rings (SSSR count). The third kappa shape index (κ3) is 4.77. The van der Waals surface area contributed by atoms with Gasteiger partial charge in [0.2, 0.25) is 0 Å². The van der Waals surface area contributed by atoms with Crippen molar-refractivity contribution < 1.29 is 5.11 Å². The standard InChI is InChI=1S/C24H31BrOSi2/c1-24(2,3)28(20-13-9-7-10-14-20,21-15-11-8-12-16-21)23(22(25)19-26)17-18-27(4,5)6/h7-16,26H,19H2,1-6H3/b23-22+. The van der Waals surface area contributed by atoms with Crippen LogP contribution in [0.25, 0.3) is 0 Å². The SMILES string of the molecule is CC(C)(C)[Si](/C(C#C[Si](C)(C)C)=C(/Br)CO)(c1ccccc1)c1ccccc1. The molecule has 2 aromatic carbocycles. The predicted octanol–water partition coefficient (Wildman–Crippen LogP) is 5.11. The topological polar surface area (TPSA) is 20.2 Å². The van der Waals surface area contributed by atoms with Crippen LogP contribution in [0.3, 0.4) is 0 Å². The summed E-state index contributed by atoms with van der Waals surface area (Å²) in [5.74, 6) is 3.60. The Hall–Kier alpha value is -1.39. The fourth-order valence-electron chi connectivity index (χ4n) is 3.77. The van der Waals surface area contributed by atoms with Gasteiger partial charge in [-0.2, -0.15) is 0 Å². The molecule has 0 aromatic heterocycles. The molecule has 0 aliphatic rings. The highest BCUT2D eigenvalue weighted by Gasteiger charge is 2.51. The van der Waals surface area contributed by atoms with Gasteiger partial charge in [0.25, 0.3) is 0 Å². The lowest BCUT2D eigenvalue weighted by Gasteiger charge is -2.45. The Balaban J connectivity index is 3.03. The van der Waals surface area contributed by atoms with E-state index in [1.54, 1.807) is 0 Å². The molecule has 1 nitrogen and oxygen atoms in total. The van der Waals surface area contributed by atoms with Crippen molar-refractivity contribution in [3.63, 3.8) is 0 Å². The number of aliphatic hydroxyl groups is 1. The Labute approximate surface area is 181 Å². The average Bonchev–Trinajstić information content (AvgIpc) is 2.64. The Bertz CT molecular complexity index is 840. The van der Waals surface area contributed by atoms with E-state index in [9.17, 15) is 5.11 Å². The second-order valence-corrected chi connectivity index (χ2v) is 19.5. The van der Waals surface area contributed by atoms with Gasteiger partial charge in [0.15, 0.2) is 8.07 Å². The Morgan fingerprint density at radius 2 is 1.32 bits per heavy atom. The Morgan fingerprint density at radius 1 is 0.893 bits per heavy atom. The first kappa shape index (κ1) is 22.9. The minimum atomic E-state index is -2.54. The molecule has 28 heavy (non-hydrogen) atoms. The summed E-state index contributed by atoms with van der Waals surface area (Å²) in [5.41, 5.74) is 3.58. The number of hydrogen-bond acceptors (Lipinski definition) is 1. The van der Waals surface area contributed by atoms with Gasteiger partial charge in [0.1, 0.15) is 8.07 Å². The zero-order valence-electron chi connectivity index (χ0n) is 17.8. The van der Waals surface area contributed by atoms with Crippen LogP contribution in [0.2, 0.25) is 24.7 Å². The third-order valence-corrected chi connectivity index (χ3v) is 12.6. The van der Waals surface area contributed by atoms with Crippen LogP contribution in [0.5, 0.6) is 0 Å². The van der Waals surface area contributed by atoms with E-state index in [2.05, 4.69) is 128 Å². The molecule has 0 unspecified atom stereocenters. The molecule has 0 aliphatic carbocycles. The maximum Gasteiger partial charge on any atom is 0.164 e. The number of rotatable bonds is 4. The van der Waals surface area contributed by atoms with Gasteiger partial charge in [-0.05, 0) is 15.4 Å². The van der Waals surface area contributed by atoms with Crippen LogP contribution in [0, 0.1) is 11.5 Å². The fourth-order valence-corrected chi connectivity index (χ4v) is 10.9. The van der Waals surface area contributed by atoms with Gasteiger partial charge in [0, 0.05) is 9.68 Å². The van der Waals surface area contributed by atoms with Gasteiger partial charge in [-0.25, -0.2) is 0 Å². The predicted molar refractivity (Wildman–Crippen MR) is 132 cm³/mol. The maximum atomic E-state index is 10.1. The van der Waals surface area contributed by atoms with Crippen LogP contribution in [-0.4, -0.2) is 27.9 Å². The molecule has 0 heterocycles. The van der Waals surface area contributed by atoms with Crippen LogP contribution in [0.1, 0.15) is 20.8 Å². The lowest BCUT2D eigenvalue weighted by Crippen LogP contribution is -2.66. The Kier molecular flexibility index (Phi) is 7.33. The van der Waals surface area contributed by atoms with Crippen LogP contribution in [0.4, 0.5) is 0 Å². The lowest BCUT2D eigenvalue weighted by molar-refractivity contribution is 0.340. The third-order valence-electron chi connectivity index (χ3n) is 4.89. The largest absolute Gasteiger partial charge is 0.391 e. The number of halogens is 1. The van der Waals surface area contributed by atoms with Gasteiger partial charge in [-0.15, -0.1) is 5.54 Å². The first-order chi connectivity index (χ1) is 13.0. The number of hydrogen-bond donors (Lipinski definition) is 1. The molecule has 0 saturated carbocycles. The van der Waals surface area contributed by atoms with Crippen molar-refractivity contribution in [2.45, 2.75) is 45.5 Å². The molecule has 0 aliphatic heterocycles. The molecule has 0 amide bonds. The zero-order chi connectivity index (χ0) is 21.0. The van der Waals surface area contributed by atoms with E-state index in [-0.39, 0.29) is 11.6 Å². The minimum absolute atomic E-state index is 0.0415. The van der Waals surface area contributed by atoms with Crippen molar-refractivity contribution in [1.29, 1.82) is 0 Å². The van der Waals surface area contributed by atoms with Crippen LogP contribution < -0.4 is 10.4 Å². The number of benzene rings is 2. The molecule has 0 fully saturated rings. The van der Waals surface area contributed by atoms with E-state index in [4.69, 9.17) is 0 Å². The Morgan fingerprint density at radius 3 is 1.64 bits per heavy atom. The van der Waals surface area contributed by atoms with Crippen LogP contribution in [-0.2, 0) is 0 Å². The quantitative estimate of drug-likeness (QED) is 0.485. The molecule has 0 radical (unpaired) electrons. The van der Waals surface area contributed by atoms with Crippen molar-refractivity contribution in [2.75, 3.05) is 6.61 Å². The number of allylic oxidation sites excluding steroid dienone is 1. The van der Waals surface area contributed by atoms with Crippen molar-refractivity contribution >= 4 is 42.5 Å². The molecular weight excluding hydrogens is 440 g/mol. The molecule has 0 spiro atoms. The molecule has 4 heteroatoms. The molecule has 2 aromatic rings. The summed E-state index contributed by atoms with van der Waals surface area (Å²) in [6.07, 6.45) is 0. The van der Waals surface area contributed by atoms with Gasteiger partial charge in [0.05, 0.1) is 6.61 Å². The van der Waals surface area contributed by atoms with Gasteiger partial charge < -0.3 is 5.11 Å². The summed E-state index contributed by atoms with van der Waals surface area (Å²) in [4.78, 5) is 0. The van der Waals surface area contributed by atoms with E-state index in [1.807, 2.05) is 0 Å². The zero-order valence-corrected chi connectivity index (χ0v) is 21.4. The van der Waals surface area contributed by atoms with E-state index in [1.165, 1.54) is 10.4 Å². The van der Waals surface area contributed by atoms with E-state index >= 15 is 0 Å². The monoisotopic (exact) mass is 470 g/mol. The molecule has 0 saturated heterocycles. The van der Waals surface area contributed by atoms with Crippen molar-refractivity contribution in [3.05, 3.63) is 70.3 Å². The first-order valence-corrected chi connectivity index (χ1v) is 16.0. The lowest BCUT2D eigenvalue weighted by atomic mass is 10.2. The van der Waals surface area contributed by atoms with Crippen molar-refractivity contribution in [3.8, 4) is 11.5 Å². The smallest absolute Gasteiger partial charge is 0.164 e. The summed E-state index contributed by atoms with van der Waals surface area (Å²) in [6, 6.07) is 21.5. The molecule has 1 N–H and O–H groups in total. The second kappa shape index (κ2) is 8.96. The minimum Gasteiger partial charge on any atom is -0.391 e. The highest BCUT2D eigenvalue weighted by molar-refractivity contribution is 9.11. The van der Waals surface area contributed by atoms with E-state index in [0.717, 1.165) is 9.68 Å². The molecule has 148 valence electrons. The van der Waals surface area contributed by atoms with Crippen molar-refractivity contribution in [1.82, 2.24) is 0 Å². The highest BCUT2D eigenvalue weighted by Crippen LogP contribution is 2.42. The van der Waals surface area contributed by atoms with E-state index < -0.39 is 16.1 Å². The van der Waals surface area contributed by atoms with Gasteiger partial charge in [-0.1, -0.05) is 123 Å². The highest BCUT2D eigenvalue weighted by atomic mass is 79.9. The van der Waals surface area contributed by atoms with Crippen LogP contribution >= 0.6 is 15.9 Å². The second-order valence-electron chi connectivity index (χ2n) is 9.17. The normalized spacial score (nSPS) is 13.4. The maximum absolute atomic E-state index is 10.1. The van der Waals surface area contributed by atoms with Crippen LogP contribution in [0.15, 0.2) is 70.3 Å².